The van der Waals surface area contributed by atoms with Crippen LogP contribution in [0.4, 0.5) is 5.69 Å². The van der Waals surface area contributed by atoms with E-state index >= 15 is 0 Å². The molecular weight excluding hydrogens is 312 g/mol. The zero-order chi connectivity index (χ0) is 15.6. The lowest BCUT2D eigenvalue weighted by molar-refractivity contribution is 0.0607. The quantitative estimate of drug-likeness (QED) is 0.825. The van der Waals surface area contributed by atoms with Crippen molar-refractivity contribution in [3.05, 3.63) is 29.1 Å². The molecular formula is C13H16N2O4S2. The molecule has 114 valence electrons. The van der Waals surface area contributed by atoms with Crippen molar-refractivity contribution in [1.29, 1.82) is 0 Å². The molecule has 8 heteroatoms. The molecule has 0 unspecified atom stereocenters. The topological polar surface area (TPSA) is 84.5 Å². The van der Waals surface area contributed by atoms with Crippen molar-refractivity contribution in [3.8, 4) is 0 Å². The van der Waals surface area contributed by atoms with Crippen LogP contribution in [-0.4, -0.2) is 27.5 Å². The maximum Gasteiger partial charge on any atom is 0.350 e. The third kappa shape index (κ3) is 3.52. The van der Waals surface area contributed by atoms with Gasteiger partial charge in [-0.1, -0.05) is 18.2 Å². The fraction of sp³-hybridized carbons (Fsp3) is 0.308. The minimum atomic E-state index is -3.76. The van der Waals surface area contributed by atoms with E-state index < -0.39 is 16.2 Å². The molecule has 0 spiro atoms. The second kappa shape index (κ2) is 6.00. The highest BCUT2D eigenvalue weighted by molar-refractivity contribution is 7.90. The van der Waals surface area contributed by atoms with Gasteiger partial charge in [0.2, 0.25) is 0 Å². The van der Waals surface area contributed by atoms with Gasteiger partial charge in [0.15, 0.2) is 0 Å². The molecule has 0 saturated carbocycles. The van der Waals surface area contributed by atoms with Crippen molar-refractivity contribution >= 4 is 43.3 Å². The molecule has 21 heavy (non-hydrogen) atoms. The molecule has 0 saturated heterocycles. The highest BCUT2D eigenvalue weighted by Gasteiger charge is 2.23. The highest BCUT2D eigenvalue weighted by atomic mass is 32.2. The second-order valence-corrected chi connectivity index (χ2v) is 7.17. The molecule has 0 aliphatic heterocycles. The Morgan fingerprint density at radius 3 is 2.57 bits per heavy atom. The molecule has 1 aromatic carbocycles. The average Bonchev–Trinajstić information content (AvgIpc) is 2.75. The van der Waals surface area contributed by atoms with Crippen LogP contribution in [0.25, 0.3) is 10.1 Å². The number of rotatable bonds is 5. The average molecular weight is 328 g/mol. The first-order valence-corrected chi connectivity index (χ1v) is 8.54. The molecule has 0 aliphatic carbocycles. The van der Waals surface area contributed by atoms with Gasteiger partial charge in [0.1, 0.15) is 4.88 Å². The van der Waals surface area contributed by atoms with Gasteiger partial charge < -0.3 is 4.74 Å². The Hall–Kier alpha value is -1.64. The van der Waals surface area contributed by atoms with Crippen molar-refractivity contribution in [1.82, 2.24) is 4.72 Å². The zero-order valence-electron chi connectivity index (χ0n) is 11.8. The van der Waals surface area contributed by atoms with E-state index in [1.807, 2.05) is 12.1 Å². The SMILES string of the molecule is COC(=O)c1sc2ccccc2c1NS(=O)(=O)NC(C)C. The summed E-state index contributed by atoms with van der Waals surface area (Å²) in [5, 5.41) is 0.664. The number of carbonyl (C=O) groups is 1. The van der Waals surface area contributed by atoms with Crippen LogP contribution < -0.4 is 9.44 Å². The predicted octanol–water partition coefficient (Wildman–Crippen LogP) is 2.34. The number of nitrogens with one attached hydrogen (secondary N) is 2. The Morgan fingerprint density at radius 2 is 1.95 bits per heavy atom. The summed E-state index contributed by atoms with van der Waals surface area (Å²) in [5.41, 5.74) is 0.246. The minimum absolute atomic E-state index is 0.229. The molecule has 2 aromatic rings. The molecule has 1 aromatic heterocycles. The summed E-state index contributed by atoms with van der Waals surface area (Å²) < 4.78 is 34.5. The monoisotopic (exact) mass is 328 g/mol. The van der Waals surface area contributed by atoms with E-state index in [-0.39, 0.29) is 16.6 Å². The number of fused-ring (bicyclic) bond motifs is 1. The highest BCUT2D eigenvalue weighted by Crippen LogP contribution is 2.36. The number of anilines is 1. The number of methoxy groups -OCH3 is 1. The molecule has 0 amide bonds. The van der Waals surface area contributed by atoms with E-state index in [1.165, 1.54) is 18.4 Å². The maximum atomic E-state index is 12.0. The van der Waals surface area contributed by atoms with Crippen LogP contribution in [0.3, 0.4) is 0 Å². The van der Waals surface area contributed by atoms with Crippen molar-refractivity contribution in [2.24, 2.45) is 0 Å². The van der Waals surface area contributed by atoms with Gasteiger partial charge in [-0.25, -0.2) is 4.79 Å². The third-order valence-corrected chi connectivity index (χ3v) is 5.00. The Bertz CT molecular complexity index is 766. The fourth-order valence-corrected chi connectivity index (χ4v) is 4.16. The number of esters is 1. The lowest BCUT2D eigenvalue weighted by Crippen LogP contribution is -2.35. The van der Waals surface area contributed by atoms with Gasteiger partial charge in [0.05, 0.1) is 12.8 Å². The van der Waals surface area contributed by atoms with Crippen molar-refractivity contribution in [3.63, 3.8) is 0 Å². The number of carbonyl (C=O) groups excluding carboxylic acids is 1. The Labute approximate surface area is 127 Å². The van der Waals surface area contributed by atoms with Crippen molar-refractivity contribution in [2.75, 3.05) is 11.8 Å². The van der Waals surface area contributed by atoms with Gasteiger partial charge in [-0.05, 0) is 19.9 Å². The molecule has 0 aliphatic rings. The largest absolute Gasteiger partial charge is 0.465 e. The van der Waals surface area contributed by atoms with E-state index in [2.05, 4.69) is 9.44 Å². The van der Waals surface area contributed by atoms with Crippen molar-refractivity contribution < 1.29 is 17.9 Å². The molecule has 0 fully saturated rings. The van der Waals surface area contributed by atoms with Crippen LogP contribution >= 0.6 is 11.3 Å². The predicted molar refractivity (Wildman–Crippen MR) is 84.0 cm³/mol. The van der Waals surface area contributed by atoms with Crippen LogP contribution in [0.2, 0.25) is 0 Å². The van der Waals surface area contributed by atoms with Crippen LogP contribution in [-0.2, 0) is 14.9 Å². The summed E-state index contributed by atoms with van der Waals surface area (Å²) in [6, 6.07) is 6.92. The van der Waals surface area contributed by atoms with Crippen molar-refractivity contribution in [2.45, 2.75) is 19.9 Å². The lowest BCUT2D eigenvalue weighted by atomic mass is 10.2. The smallest absolute Gasteiger partial charge is 0.350 e. The number of thiophene rings is 1. The van der Waals surface area contributed by atoms with E-state index in [1.54, 1.807) is 26.0 Å². The van der Waals surface area contributed by atoms with Gasteiger partial charge in [0.25, 0.3) is 10.2 Å². The summed E-state index contributed by atoms with van der Waals surface area (Å²) in [6.07, 6.45) is 0. The first kappa shape index (κ1) is 15.7. The second-order valence-electron chi connectivity index (χ2n) is 4.67. The number of hydrogen-bond donors (Lipinski definition) is 2. The minimum Gasteiger partial charge on any atom is -0.465 e. The standard InChI is InChI=1S/C13H16N2O4S2/c1-8(2)14-21(17,18)15-11-9-6-4-5-7-10(9)20-12(11)13(16)19-3/h4-8,14-15H,1-3H3. The normalized spacial score (nSPS) is 11.8. The molecule has 0 atom stereocenters. The van der Waals surface area contributed by atoms with E-state index in [0.717, 1.165) is 4.70 Å². The van der Waals surface area contributed by atoms with Gasteiger partial charge in [-0.3, -0.25) is 4.72 Å². The molecule has 2 N–H and O–H groups in total. The van der Waals surface area contributed by atoms with Crippen LogP contribution in [0.5, 0.6) is 0 Å². The molecule has 0 bridgehead atoms. The number of ether oxygens (including phenoxy) is 1. The summed E-state index contributed by atoms with van der Waals surface area (Å²) in [5.74, 6) is -0.571. The van der Waals surface area contributed by atoms with E-state index in [0.29, 0.717) is 5.39 Å². The molecule has 2 rings (SSSR count). The van der Waals surface area contributed by atoms with Gasteiger partial charge in [-0.2, -0.15) is 13.1 Å². The van der Waals surface area contributed by atoms with E-state index in [9.17, 15) is 13.2 Å². The van der Waals surface area contributed by atoms with Crippen LogP contribution in [0.1, 0.15) is 23.5 Å². The van der Waals surface area contributed by atoms with Gasteiger partial charge >= 0.3 is 5.97 Å². The third-order valence-electron chi connectivity index (χ3n) is 2.59. The lowest BCUT2D eigenvalue weighted by Gasteiger charge is -2.12. The molecule has 6 nitrogen and oxygen atoms in total. The number of benzene rings is 1. The summed E-state index contributed by atoms with van der Waals surface area (Å²) >= 11 is 1.19. The zero-order valence-corrected chi connectivity index (χ0v) is 13.5. The molecule has 0 radical (unpaired) electrons. The first-order chi connectivity index (χ1) is 9.84. The van der Waals surface area contributed by atoms with Gasteiger partial charge in [-0.15, -0.1) is 11.3 Å². The molecule has 1 heterocycles. The summed E-state index contributed by atoms with van der Waals surface area (Å²) in [6.45, 7) is 3.43. The van der Waals surface area contributed by atoms with E-state index in [4.69, 9.17) is 4.74 Å². The maximum absolute atomic E-state index is 12.0. The fourth-order valence-electron chi connectivity index (χ4n) is 1.86. The Kier molecular flexibility index (Phi) is 4.50. The Balaban J connectivity index is 2.53. The van der Waals surface area contributed by atoms with Crippen LogP contribution in [0.15, 0.2) is 24.3 Å². The first-order valence-electron chi connectivity index (χ1n) is 6.24. The number of hydrogen-bond acceptors (Lipinski definition) is 5. The Morgan fingerprint density at radius 1 is 1.29 bits per heavy atom. The summed E-state index contributed by atoms with van der Waals surface area (Å²) in [4.78, 5) is 12.1. The summed E-state index contributed by atoms with van der Waals surface area (Å²) in [7, 11) is -2.50. The van der Waals surface area contributed by atoms with Gasteiger partial charge in [0, 0.05) is 16.1 Å². The van der Waals surface area contributed by atoms with Crippen LogP contribution in [0, 0.1) is 0 Å².